The highest BCUT2D eigenvalue weighted by molar-refractivity contribution is 9.10. The molecular formula is C15H12BrF2NO2. The van der Waals surface area contributed by atoms with Crippen molar-refractivity contribution in [2.45, 2.75) is 13.0 Å². The molecule has 0 aliphatic rings. The van der Waals surface area contributed by atoms with Gasteiger partial charge >= 0.3 is 0 Å². The molecule has 0 saturated heterocycles. The smallest absolute Gasteiger partial charge is 0.265 e. The van der Waals surface area contributed by atoms with Crippen molar-refractivity contribution in [2.75, 3.05) is 5.32 Å². The van der Waals surface area contributed by atoms with Crippen LogP contribution in [0.15, 0.2) is 46.9 Å². The first-order valence-electron chi connectivity index (χ1n) is 6.14. The monoisotopic (exact) mass is 355 g/mol. The van der Waals surface area contributed by atoms with E-state index in [1.54, 1.807) is 6.07 Å². The summed E-state index contributed by atoms with van der Waals surface area (Å²) in [5, 5.41) is 2.56. The second-order valence-electron chi connectivity index (χ2n) is 4.33. The first-order chi connectivity index (χ1) is 9.95. The van der Waals surface area contributed by atoms with Gasteiger partial charge in [-0.3, -0.25) is 4.79 Å². The highest BCUT2D eigenvalue weighted by Crippen LogP contribution is 2.22. The van der Waals surface area contributed by atoms with Crippen LogP contribution in [0.1, 0.15) is 6.92 Å². The number of hydrogen-bond acceptors (Lipinski definition) is 2. The average molecular weight is 356 g/mol. The first kappa shape index (κ1) is 15.4. The van der Waals surface area contributed by atoms with Crippen LogP contribution in [0.4, 0.5) is 14.5 Å². The van der Waals surface area contributed by atoms with E-state index in [1.807, 2.05) is 0 Å². The van der Waals surface area contributed by atoms with Crippen LogP contribution < -0.4 is 10.1 Å². The van der Waals surface area contributed by atoms with Crippen LogP contribution in [0.5, 0.6) is 5.75 Å². The molecule has 1 amide bonds. The van der Waals surface area contributed by atoms with Crippen LogP contribution in [-0.4, -0.2) is 12.0 Å². The Labute approximate surface area is 129 Å². The number of anilines is 1. The molecule has 0 bridgehead atoms. The number of halogens is 3. The number of benzene rings is 2. The highest BCUT2D eigenvalue weighted by atomic mass is 79.9. The fourth-order valence-corrected chi connectivity index (χ4v) is 1.93. The molecule has 0 fully saturated rings. The Hall–Kier alpha value is -1.95. The molecular weight excluding hydrogens is 344 g/mol. The number of hydrogen-bond donors (Lipinski definition) is 1. The van der Waals surface area contributed by atoms with Crippen molar-refractivity contribution >= 4 is 27.5 Å². The van der Waals surface area contributed by atoms with Crippen molar-refractivity contribution in [3.8, 4) is 5.75 Å². The van der Waals surface area contributed by atoms with Gasteiger partial charge in [0.05, 0.1) is 0 Å². The van der Waals surface area contributed by atoms with Crippen molar-refractivity contribution in [1.82, 2.24) is 0 Å². The molecule has 2 rings (SSSR count). The third-order valence-electron chi connectivity index (χ3n) is 2.68. The minimum absolute atomic E-state index is 0.0139. The van der Waals surface area contributed by atoms with Crippen LogP contribution in [-0.2, 0) is 4.79 Å². The predicted octanol–water partition coefficient (Wildman–Crippen LogP) is 4.13. The van der Waals surface area contributed by atoms with Gasteiger partial charge in [-0.1, -0.05) is 15.9 Å². The third kappa shape index (κ3) is 4.26. The van der Waals surface area contributed by atoms with Crippen molar-refractivity contribution < 1.29 is 18.3 Å². The molecule has 0 spiro atoms. The van der Waals surface area contributed by atoms with E-state index in [2.05, 4.69) is 21.2 Å². The maximum Gasteiger partial charge on any atom is 0.265 e. The fourth-order valence-electron chi connectivity index (χ4n) is 1.59. The molecule has 6 heteroatoms. The van der Waals surface area contributed by atoms with Crippen LogP contribution in [0, 0.1) is 11.6 Å². The first-order valence-corrected chi connectivity index (χ1v) is 6.93. The Morgan fingerprint density at radius 1 is 1.19 bits per heavy atom. The Morgan fingerprint density at radius 3 is 2.48 bits per heavy atom. The summed E-state index contributed by atoms with van der Waals surface area (Å²) in [5.41, 5.74) is 0.438. The van der Waals surface area contributed by atoms with Gasteiger partial charge in [-0.25, -0.2) is 8.78 Å². The Balaban J connectivity index is 2.00. The summed E-state index contributed by atoms with van der Waals surface area (Å²) in [7, 11) is 0. The average Bonchev–Trinajstić information content (AvgIpc) is 2.44. The Kier molecular flexibility index (Phi) is 4.90. The molecule has 0 aromatic heterocycles. The number of nitrogens with one attached hydrogen (secondary N) is 1. The van der Waals surface area contributed by atoms with Gasteiger partial charge in [0.15, 0.2) is 17.7 Å². The maximum atomic E-state index is 13.6. The van der Waals surface area contributed by atoms with E-state index in [0.717, 1.165) is 0 Å². The predicted molar refractivity (Wildman–Crippen MR) is 79.2 cm³/mol. The summed E-state index contributed by atoms with van der Waals surface area (Å²) in [6.45, 7) is 1.50. The molecule has 2 aromatic carbocycles. The molecule has 0 saturated carbocycles. The van der Waals surface area contributed by atoms with Gasteiger partial charge in [-0.05, 0) is 49.4 Å². The molecule has 0 unspecified atom stereocenters. The zero-order valence-electron chi connectivity index (χ0n) is 11.1. The van der Waals surface area contributed by atoms with Gasteiger partial charge in [0.2, 0.25) is 0 Å². The summed E-state index contributed by atoms with van der Waals surface area (Å²) >= 11 is 3.14. The normalized spacial score (nSPS) is 11.8. The van der Waals surface area contributed by atoms with Crippen molar-refractivity contribution in [3.05, 3.63) is 58.6 Å². The van der Waals surface area contributed by atoms with E-state index < -0.39 is 23.6 Å². The van der Waals surface area contributed by atoms with E-state index in [9.17, 15) is 13.6 Å². The van der Waals surface area contributed by atoms with Crippen molar-refractivity contribution in [1.29, 1.82) is 0 Å². The molecule has 0 heterocycles. The van der Waals surface area contributed by atoms with E-state index >= 15 is 0 Å². The Bertz CT molecular complexity index is 647. The summed E-state index contributed by atoms with van der Waals surface area (Å²) in [6, 6.07) is 9.62. The van der Waals surface area contributed by atoms with Crippen LogP contribution in [0.25, 0.3) is 0 Å². The van der Waals surface area contributed by atoms with Gasteiger partial charge < -0.3 is 10.1 Å². The lowest BCUT2D eigenvalue weighted by Crippen LogP contribution is -2.30. The number of rotatable bonds is 4. The van der Waals surface area contributed by atoms with E-state index in [-0.39, 0.29) is 5.75 Å². The number of carbonyl (C=O) groups is 1. The van der Waals surface area contributed by atoms with Gasteiger partial charge in [0.1, 0.15) is 5.82 Å². The molecule has 0 aliphatic carbocycles. The number of carbonyl (C=O) groups excluding carboxylic acids is 1. The van der Waals surface area contributed by atoms with Gasteiger partial charge in [-0.15, -0.1) is 0 Å². The lowest BCUT2D eigenvalue weighted by molar-refractivity contribution is -0.122. The zero-order valence-corrected chi connectivity index (χ0v) is 12.7. The lowest BCUT2D eigenvalue weighted by atomic mass is 10.3. The van der Waals surface area contributed by atoms with E-state index in [1.165, 1.54) is 43.3 Å². The molecule has 21 heavy (non-hydrogen) atoms. The summed E-state index contributed by atoms with van der Waals surface area (Å²) in [5.74, 6) is -1.43. The molecule has 1 atom stereocenters. The maximum absolute atomic E-state index is 13.6. The molecule has 3 nitrogen and oxygen atoms in total. The lowest BCUT2D eigenvalue weighted by Gasteiger charge is -2.15. The minimum atomic E-state index is -0.897. The molecule has 0 radical (unpaired) electrons. The highest BCUT2D eigenvalue weighted by Gasteiger charge is 2.17. The van der Waals surface area contributed by atoms with Gasteiger partial charge in [0, 0.05) is 10.2 Å². The van der Waals surface area contributed by atoms with E-state index in [0.29, 0.717) is 10.2 Å². The van der Waals surface area contributed by atoms with Crippen molar-refractivity contribution in [3.63, 3.8) is 0 Å². The van der Waals surface area contributed by atoms with Crippen LogP contribution >= 0.6 is 15.9 Å². The second kappa shape index (κ2) is 6.67. The summed E-state index contributed by atoms with van der Waals surface area (Å²) < 4.78 is 32.2. The minimum Gasteiger partial charge on any atom is -0.478 e. The molecule has 0 aliphatic heterocycles. The van der Waals surface area contributed by atoms with Crippen LogP contribution in [0.3, 0.4) is 0 Å². The quantitative estimate of drug-likeness (QED) is 0.895. The van der Waals surface area contributed by atoms with Gasteiger partial charge in [-0.2, -0.15) is 0 Å². The van der Waals surface area contributed by atoms with E-state index in [4.69, 9.17) is 4.74 Å². The van der Waals surface area contributed by atoms with Crippen molar-refractivity contribution in [2.24, 2.45) is 0 Å². The molecule has 2 aromatic rings. The summed E-state index contributed by atoms with van der Waals surface area (Å²) in [6.07, 6.45) is -0.897. The molecule has 1 N–H and O–H groups in total. The number of amides is 1. The third-order valence-corrected chi connectivity index (χ3v) is 3.17. The summed E-state index contributed by atoms with van der Waals surface area (Å²) in [4.78, 5) is 11.9. The SMILES string of the molecule is C[C@H](Oc1ccc(Br)cc1F)C(=O)Nc1ccc(F)cc1. The fraction of sp³-hybridized carbons (Fsp3) is 0.133. The van der Waals surface area contributed by atoms with Gasteiger partial charge in [0.25, 0.3) is 5.91 Å². The second-order valence-corrected chi connectivity index (χ2v) is 5.25. The standard InChI is InChI=1S/C15H12BrF2NO2/c1-9(21-14-7-2-10(16)8-13(14)18)15(20)19-12-5-3-11(17)4-6-12/h2-9H,1H3,(H,19,20)/t9-/m0/s1. The van der Waals surface area contributed by atoms with Crippen LogP contribution in [0.2, 0.25) is 0 Å². The largest absolute Gasteiger partial charge is 0.478 e. The number of ether oxygens (including phenoxy) is 1. The topological polar surface area (TPSA) is 38.3 Å². The molecule has 110 valence electrons. The Morgan fingerprint density at radius 2 is 1.86 bits per heavy atom. The zero-order chi connectivity index (χ0) is 15.4.